The van der Waals surface area contributed by atoms with Gasteiger partial charge in [-0.05, 0) is 113 Å². The van der Waals surface area contributed by atoms with Gasteiger partial charge < -0.3 is 4.57 Å². The van der Waals surface area contributed by atoms with Crippen molar-refractivity contribution in [1.29, 1.82) is 0 Å². The Morgan fingerprint density at radius 3 is 2.53 bits per heavy atom. The van der Waals surface area contributed by atoms with Crippen molar-refractivity contribution in [3.8, 4) is 0 Å². The van der Waals surface area contributed by atoms with Gasteiger partial charge in [-0.2, -0.15) is 0 Å². The second-order valence-electron chi connectivity index (χ2n) is 14.9. The lowest BCUT2D eigenvalue weighted by molar-refractivity contribution is 0.425. The number of aromatic nitrogens is 1. The quantitative estimate of drug-likeness (QED) is 0.211. The molecule has 1 heterocycles. The van der Waals surface area contributed by atoms with Crippen molar-refractivity contribution in [3.63, 3.8) is 0 Å². The summed E-state index contributed by atoms with van der Waals surface area (Å²) in [4.78, 5) is 0. The van der Waals surface area contributed by atoms with E-state index in [-0.39, 0.29) is 0 Å². The number of allylic oxidation sites excluding steroid dienone is 15. The first kappa shape index (κ1) is 29.1. The molecule has 1 nitrogen and oxygen atoms in total. The molecular formula is C48H43N. The maximum atomic E-state index is 2.71. The zero-order chi connectivity index (χ0) is 32.3. The topological polar surface area (TPSA) is 4.93 Å². The fraction of sp³-hybridized carbons (Fsp3) is 0.250. The van der Waals surface area contributed by atoms with E-state index in [0.717, 1.165) is 25.7 Å². The van der Waals surface area contributed by atoms with Crippen LogP contribution in [0.15, 0.2) is 151 Å². The first-order valence-electron chi connectivity index (χ1n) is 18.6. The summed E-state index contributed by atoms with van der Waals surface area (Å²) < 4.78 is 2.71. The highest BCUT2D eigenvalue weighted by atomic mass is 15.0. The van der Waals surface area contributed by atoms with Gasteiger partial charge in [0.25, 0.3) is 0 Å². The first-order chi connectivity index (χ1) is 24.3. The molecule has 10 rings (SSSR count). The van der Waals surface area contributed by atoms with Crippen molar-refractivity contribution in [1.82, 2.24) is 4.57 Å². The van der Waals surface area contributed by atoms with E-state index in [9.17, 15) is 0 Å². The van der Waals surface area contributed by atoms with Gasteiger partial charge in [0, 0.05) is 34.4 Å². The maximum Gasteiger partial charge on any atom is 0.0560 e. The van der Waals surface area contributed by atoms with Crippen molar-refractivity contribution in [2.45, 2.75) is 62.8 Å². The first-order valence-corrected chi connectivity index (χ1v) is 18.6. The van der Waals surface area contributed by atoms with Crippen molar-refractivity contribution in [2.75, 3.05) is 0 Å². The second kappa shape index (κ2) is 11.9. The third kappa shape index (κ3) is 4.81. The largest absolute Gasteiger partial charge is 0.333 e. The molecule has 0 saturated heterocycles. The molecule has 0 spiro atoms. The normalized spacial score (nSPS) is 26.6. The molecule has 0 fully saturated rings. The number of rotatable bonds is 4. The standard InChI is InChI=1S/C48H43N/c1-3-12-32(13-4-1)36-24-28-43-46(31-36)49(38-26-22-35(23-27-38)40-21-11-17-33-16-7-8-18-39(33)40)45-29-25-37-30-44(34-14-5-2-6-15-34)41-19-9-10-20-42(41)47(37)48(43)45/h2-3,5-10,12-16,18-20,22-26,28-29,31,37-38,40,42,47H,1,4,11,17,21,27,30H2. The second-order valence-corrected chi connectivity index (χ2v) is 14.9. The van der Waals surface area contributed by atoms with Crippen LogP contribution in [-0.4, -0.2) is 4.57 Å². The molecule has 3 aromatic carbocycles. The van der Waals surface area contributed by atoms with Gasteiger partial charge in [-0.1, -0.05) is 134 Å². The molecule has 0 aliphatic heterocycles. The Bertz CT molecular complexity index is 2220. The minimum atomic E-state index is 0.293. The van der Waals surface area contributed by atoms with Crippen molar-refractivity contribution < 1.29 is 0 Å². The fourth-order valence-corrected chi connectivity index (χ4v) is 10.1. The Kier molecular flexibility index (Phi) is 7.07. The molecule has 0 radical (unpaired) electrons. The monoisotopic (exact) mass is 633 g/mol. The predicted octanol–water partition coefficient (Wildman–Crippen LogP) is 12.2. The predicted molar refractivity (Wildman–Crippen MR) is 206 cm³/mol. The lowest BCUT2D eigenvalue weighted by atomic mass is 9.62. The van der Waals surface area contributed by atoms with Crippen LogP contribution in [-0.2, 0) is 6.42 Å². The summed E-state index contributed by atoms with van der Waals surface area (Å²) in [5.41, 5.74) is 16.1. The van der Waals surface area contributed by atoms with E-state index in [1.165, 1.54) is 69.3 Å². The minimum Gasteiger partial charge on any atom is -0.333 e. The van der Waals surface area contributed by atoms with Crippen LogP contribution >= 0.6 is 0 Å². The van der Waals surface area contributed by atoms with Gasteiger partial charge in [-0.25, -0.2) is 0 Å². The summed E-state index contributed by atoms with van der Waals surface area (Å²) in [6.07, 6.45) is 37.3. The van der Waals surface area contributed by atoms with Crippen LogP contribution in [0.3, 0.4) is 0 Å². The third-order valence-corrected chi connectivity index (χ3v) is 12.3. The van der Waals surface area contributed by atoms with Gasteiger partial charge in [0.1, 0.15) is 0 Å². The van der Waals surface area contributed by atoms with Gasteiger partial charge in [-0.3, -0.25) is 0 Å². The molecule has 5 atom stereocenters. The van der Waals surface area contributed by atoms with Crippen LogP contribution in [0.2, 0.25) is 0 Å². The Labute approximate surface area is 290 Å². The number of nitrogens with zero attached hydrogens (tertiary/aromatic N) is 1. The van der Waals surface area contributed by atoms with E-state index >= 15 is 0 Å². The average Bonchev–Trinajstić information content (AvgIpc) is 3.52. The van der Waals surface area contributed by atoms with E-state index in [1.54, 1.807) is 16.7 Å². The molecule has 1 heteroatoms. The molecule has 6 aliphatic rings. The number of fused-ring (bicyclic) bond motifs is 8. The van der Waals surface area contributed by atoms with Crippen LogP contribution in [0.25, 0.3) is 28.1 Å². The Morgan fingerprint density at radius 2 is 1.65 bits per heavy atom. The highest BCUT2D eigenvalue weighted by Gasteiger charge is 2.42. The Balaban J connectivity index is 1.10. The molecule has 6 aliphatic carbocycles. The highest BCUT2D eigenvalue weighted by Crippen LogP contribution is 2.55. The van der Waals surface area contributed by atoms with E-state index in [1.807, 2.05) is 0 Å². The molecule has 0 amide bonds. The zero-order valence-electron chi connectivity index (χ0n) is 28.1. The maximum absolute atomic E-state index is 2.71. The van der Waals surface area contributed by atoms with Gasteiger partial charge in [0.05, 0.1) is 6.04 Å². The lowest BCUT2D eigenvalue weighted by Gasteiger charge is -2.41. The molecule has 0 bridgehead atoms. The number of aryl methyl sites for hydroxylation is 1. The molecule has 0 N–H and O–H groups in total. The lowest BCUT2D eigenvalue weighted by Crippen LogP contribution is -2.29. The van der Waals surface area contributed by atoms with Gasteiger partial charge in [0.2, 0.25) is 0 Å². The third-order valence-electron chi connectivity index (χ3n) is 12.3. The summed E-state index contributed by atoms with van der Waals surface area (Å²) in [7, 11) is 0. The molecule has 49 heavy (non-hydrogen) atoms. The van der Waals surface area contributed by atoms with Crippen LogP contribution < -0.4 is 0 Å². The van der Waals surface area contributed by atoms with Crippen molar-refractivity contribution >= 4 is 28.1 Å². The van der Waals surface area contributed by atoms with Gasteiger partial charge in [0.15, 0.2) is 0 Å². The van der Waals surface area contributed by atoms with Crippen LogP contribution in [0.1, 0.15) is 89.9 Å². The number of benzene rings is 3. The summed E-state index contributed by atoms with van der Waals surface area (Å²) in [6, 6.07) is 27.9. The SMILES string of the molecule is C1=CC2=C(c3ccccc3)CC3C=Cc4c(c5ccc(C6=CCCC=C6)cc5n4C4C=CC(C5CCCc6ccccc65)=CC4)C3C2C=C1. The summed E-state index contributed by atoms with van der Waals surface area (Å²) in [5.74, 6) is 1.77. The Hall–Kier alpha value is -4.88. The molecule has 240 valence electrons. The van der Waals surface area contributed by atoms with Gasteiger partial charge >= 0.3 is 0 Å². The zero-order valence-corrected chi connectivity index (χ0v) is 28.1. The summed E-state index contributed by atoms with van der Waals surface area (Å²) >= 11 is 0. The summed E-state index contributed by atoms with van der Waals surface area (Å²) in [5, 5.41) is 1.44. The van der Waals surface area contributed by atoms with Crippen molar-refractivity contribution in [3.05, 3.63) is 184 Å². The molecule has 1 aromatic heterocycles. The molecule has 0 saturated carbocycles. The molecule has 4 aromatic rings. The van der Waals surface area contributed by atoms with Crippen molar-refractivity contribution in [2.24, 2.45) is 11.8 Å². The van der Waals surface area contributed by atoms with E-state index in [2.05, 4.69) is 150 Å². The molecular weight excluding hydrogens is 591 g/mol. The minimum absolute atomic E-state index is 0.293. The van der Waals surface area contributed by atoms with Gasteiger partial charge in [-0.15, -0.1) is 0 Å². The fourth-order valence-electron chi connectivity index (χ4n) is 10.1. The van der Waals surface area contributed by atoms with Crippen LogP contribution in [0, 0.1) is 11.8 Å². The van der Waals surface area contributed by atoms with Crippen LogP contribution in [0.4, 0.5) is 0 Å². The Morgan fingerprint density at radius 1 is 0.735 bits per heavy atom. The molecule has 5 unspecified atom stereocenters. The van der Waals surface area contributed by atoms with E-state index < -0.39 is 0 Å². The van der Waals surface area contributed by atoms with E-state index in [4.69, 9.17) is 0 Å². The average molecular weight is 634 g/mol. The highest BCUT2D eigenvalue weighted by molar-refractivity contribution is 5.94. The number of hydrogen-bond donors (Lipinski definition) is 0. The number of hydrogen-bond acceptors (Lipinski definition) is 0. The smallest absolute Gasteiger partial charge is 0.0560 e. The van der Waals surface area contributed by atoms with E-state index in [0.29, 0.717) is 29.7 Å². The van der Waals surface area contributed by atoms with Crippen LogP contribution in [0.5, 0.6) is 0 Å². The summed E-state index contributed by atoms with van der Waals surface area (Å²) in [6.45, 7) is 0.